The number of hydrogen-bond acceptors (Lipinski definition) is 6. The van der Waals surface area contributed by atoms with Gasteiger partial charge in [-0.3, -0.25) is 14.5 Å². The topological polar surface area (TPSA) is 76.6 Å². The van der Waals surface area contributed by atoms with E-state index in [1.165, 1.54) is 16.2 Å². The first kappa shape index (κ1) is 19.0. The minimum Gasteiger partial charge on any atom is -0.456 e. The molecule has 6 nitrogen and oxygen atoms in total. The number of thiazole rings is 1. The van der Waals surface area contributed by atoms with E-state index in [0.717, 1.165) is 16.1 Å². The summed E-state index contributed by atoms with van der Waals surface area (Å²) in [6.07, 6.45) is 0.539. The van der Waals surface area contributed by atoms with Gasteiger partial charge in [-0.1, -0.05) is 42.5 Å². The van der Waals surface area contributed by atoms with Gasteiger partial charge in [-0.25, -0.2) is 9.78 Å². The fourth-order valence-corrected chi connectivity index (χ4v) is 3.85. The Kier molecular flexibility index (Phi) is 5.48. The van der Waals surface area contributed by atoms with Gasteiger partial charge in [0.1, 0.15) is 11.6 Å². The van der Waals surface area contributed by atoms with E-state index >= 15 is 0 Å². The van der Waals surface area contributed by atoms with Crippen LogP contribution in [0.1, 0.15) is 34.5 Å². The first-order valence-electron chi connectivity index (χ1n) is 9.19. The number of hydrogen-bond donors (Lipinski definition) is 0. The van der Waals surface area contributed by atoms with Crippen molar-refractivity contribution in [1.82, 2.24) is 9.88 Å². The number of likely N-dealkylation sites (tertiary alicyclic amines) is 1. The molecule has 2 aromatic carbocycles. The molecule has 0 aliphatic carbocycles. The largest absolute Gasteiger partial charge is 0.456 e. The van der Waals surface area contributed by atoms with Crippen molar-refractivity contribution < 1.29 is 19.1 Å². The standard InChI is InChI=1S/C22H18N2O4S/c25-19-10-11-20(26)24(19)12-15-6-8-17(9-7-15)22(27)28-13-18-14-29-21(23-18)16-4-2-1-3-5-16/h1-9,14H,10-13H2. The average molecular weight is 406 g/mol. The maximum Gasteiger partial charge on any atom is 0.338 e. The normalized spacial score (nSPS) is 13.7. The van der Waals surface area contributed by atoms with E-state index in [9.17, 15) is 14.4 Å². The Bertz CT molecular complexity index is 1030. The van der Waals surface area contributed by atoms with Crippen molar-refractivity contribution >= 4 is 29.1 Å². The van der Waals surface area contributed by atoms with Crippen molar-refractivity contribution in [2.24, 2.45) is 0 Å². The highest BCUT2D eigenvalue weighted by atomic mass is 32.1. The summed E-state index contributed by atoms with van der Waals surface area (Å²) in [7, 11) is 0. The Morgan fingerprint density at radius 3 is 2.38 bits per heavy atom. The van der Waals surface area contributed by atoms with Crippen molar-refractivity contribution in [2.45, 2.75) is 26.0 Å². The summed E-state index contributed by atoms with van der Waals surface area (Å²) in [5.74, 6) is -0.757. The van der Waals surface area contributed by atoms with Crippen LogP contribution in [0.5, 0.6) is 0 Å². The maximum atomic E-state index is 12.3. The van der Waals surface area contributed by atoms with E-state index in [4.69, 9.17) is 4.74 Å². The summed E-state index contributed by atoms with van der Waals surface area (Å²) in [4.78, 5) is 41.4. The molecule has 0 unspecified atom stereocenters. The van der Waals surface area contributed by atoms with Gasteiger partial charge in [-0.15, -0.1) is 11.3 Å². The highest BCUT2D eigenvalue weighted by Crippen LogP contribution is 2.23. The van der Waals surface area contributed by atoms with Gasteiger partial charge in [-0.2, -0.15) is 0 Å². The first-order chi connectivity index (χ1) is 14.1. The second-order valence-corrected chi connectivity index (χ2v) is 7.51. The van der Waals surface area contributed by atoms with Gasteiger partial charge in [0.15, 0.2) is 0 Å². The summed E-state index contributed by atoms with van der Waals surface area (Å²) in [6, 6.07) is 16.6. The third-order valence-corrected chi connectivity index (χ3v) is 5.55. The van der Waals surface area contributed by atoms with E-state index in [1.54, 1.807) is 24.3 Å². The molecule has 0 saturated carbocycles. The number of benzene rings is 2. The van der Waals surface area contributed by atoms with Gasteiger partial charge in [-0.05, 0) is 17.7 Å². The number of esters is 1. The minimum absolute atomic E-state index is 0.0979. The Balaban J connectivity index is 1.34. The van der Waals surface area contributed by atoms with E-state index in [2.05, 4.69) is 4.98 Å². The third-order valence-electron chi connectivity index (χ3n) is 4.61. The molecule has 1 aromatic heterocycles. The van der Waals surface area contributed by atoms with Crippen LogP contribution in [0, 0.1) is 0 Å². The Labute approximate surface area is 171 Å². The van der Waals surface area contributed by atoms with E-state index < -0.39 is 5.97 Å². The van der Waals surface area contributed by atoms with Crippen LogP contribution in [-0.2, 0) is 27.5 Å². The summed E-state index contributed by atoms with van der Waals surface area (Å²) >= 11 is 1.51. The number of carbonyl (C=O) groups excluding carboxylic acids is 3. The van der Waals surface area contributed by atoms with Crippen molar-refractivity contribution in [3.05, 3.63) is 76.8 Å². The second kappa shape index (κ2) is 8.36. The monoisotopic (exact) mass is 406 g/mol. The van der Waals surface area contributed by atoms with Crippen LogP contribution in [0.15, 0.2) is 60.0 Å². The number of imide groups is 1. The first-order valence-corrected chi connectivity index (χ1v) is 10.1. The van der Waals surface area contributed by atoms with Crippen LogP contribution in [-0.4, -0.2) is 27.7 Å². The predicted molar refractivity (Wildman–Crippen MR) is 108 cm³/mol. The molecule has 2 heterocycles. The molecule has 4 rings (SSSR count). The number of nitrogens with zero attached hydrogens (tertiary/aromatic N) is 2. The zero-order valence-corrected chi connectivity index (χ0v) is 16.4. The average Bonchev–Trinajstić information content (AvgIpc) is 3.35. The van der Waals surface area contributed by atoms with Crippen LogP contribution in [0.25, 0.3) is 10.6 Å². The highest BCUT2D eigenvalue weighted by Gasteiger charge is 2.28. The Morgan fingerprint density at radius 1 is 1.00 bits per heavy atom. The number of rotatable bonds is 6. The smallest absolute Gasteiger partial charge is 0.338 e. The van der Waals surface area contributed by atoms with Crippen LogP contribution >= 0.6 is 11.3 Å². The maximum absolute atomic E-state index is 12.3. The van der Waals surface area contributed by atoms with Crippen molar-refractivity contribution in [3.63, 3.8) is 0 Å². The molecule has 1 aliphatic heterocycles. The molecule has 146 valence electrons. The van der Waals surface area contributed by atoms with Gasteiger partial charge in [0.2, 0.25) is 11.8 Å². The van der Waals surface area contributed by atoms with Crippen LogP contribution in [0.3, 0.4) is 0 Å². The van der Waals surface area contributed by atoms with Crippen LogP contribution < -0.4 is 0 Å². The van der Waals surface area contributed by atoms with Crippen LogP contribution in [0.4, 0.5) is 0 Å². The highest BCUT2D eigenvalue weighted by molar-refractivity contribution is 7.13. The zero-order valence-electron chi connectivity index (χ0n) is 15.5. The van der Waals surface area contributed by atoms with Crippen molar-refractivity contribution in [1.29, 1.82) is 0 Å². The lowest BCUT2D eigenvalue weighted by atomic mass is 10.1. The predicted octanol–water partition coefficient (Wildman–Crippen LogP) is 3.82. The quantitative estimate of drug-likeness (QED) is 0.459. The molecule has 0 radical (unpaired) electrons. The number of ether oxygens (including phenoxy) is 1. The van der Waals surface area contributed by atoms with Gasteiger partial charge in [0, 0.05) is 23.8 Å². The van der Waals surface area contributed by atoms with Gasteiger partial charge < -0.3 is 4.74 Å². The van der Waals surface area contributed by atoms with Crippen molar-refractivity contribution in [3.8, 4) is 10.6 Å². The van der Waals surface area contributed by atoms with Crippen molar-refractivity contribution in [2.75, 3.05) is 0 Å². The molecular formula is C22H18N2O4S. The Morgan fingerprint density at radius 2 is 1.69 bits per heavy atom. The van der Waals surface area contributed by atoms with E-state index in [-0.39, 0.29) is 37.8 Å². The molecular weight excluding hydrogens is 388 g/mol. The van der Waals surface area contributed by atoms with Gasteiger partial charge >= 0.3 is 5.97 Å². The van der Waals surface area contributed by atoms with E-state index in [0.29, 0.717) is 11.3 Å². The Hall–Kier alpha value is -3.32. The number of aromatic nitrogens is 1. The second-order valence-electron chi connectivity index (χ2n) is 6.66. The molecule has 0 bridgehead atoms. The summed E-state index contributed by atoms with van der Waals surface area (Å²) in [5.41, 5.74) is 2.93. The molecule has 1 aliphatic rings. The summed E-state index contributed by atoms with van der Waals surface area (Å²) in [5, 5.41) is 2.76. The fourth-order valence-electron chi connectivity index (χ4n) is 3.04. The molecule has 2 amide bonds. The number of amides is 2. The molecule has 7 heteroatoms. The lowest BCUT2D eigenvalue weighted by molar-refractivity contribution is -0.139. The molecule has 29 heavy (non-hydrogen) atoms. The third kappa shape index (κ3) is 4.41. The lowest BCUT2D eigenvalue weighted by Gasteiger charge is -2.13. The molecule has 1 saturated heterocycles. The van der Waals surface area contributed by atoms with Gasteiger partial charge in [0.05, 0.1) is 17.8 Å². The lowest BCUT2D eigenvalue weighted by Crippen LogP contribution is -2.28. The summed E-state index contributed by atoms with van der Waals surface area (Å²) < 4.78 is 5.36. The fraction of sp³-hybridized carbons (Fsp3) is 0.182. The molecule has 0 spiro atoms. The van der Waals surface area contributed by atoms with Crippen LogP contribution in [0.2, 0.25) is 0 Å². The van der Waals surface area contributed by atoms with Gasteiger partial charge in [0.25, 0.3) is 0 Å². The molecule has 0 atom stereocenters. The molecule has 3 aromatic rings. The van der Waals surface area contributed by atoms with E-state index in [1.807, 2.05) is 35.7 Å². The SMILES string of the molecule is O=C(OCc1csc(-c2ccccc2)n1)c1ccc(CN2C(=O)CCC2=O)cc1. The zero-order chi connectivity index (χ0) is 20.2. The molecule has 0 N–H and O–H groups in total. The summed E-state index contributed by atoms with van der Waals surface area (Å²) in [6.45, 7) is 0.328. The number of carbonyl (C=O) groups is 3. The minimum atomic E-state index is -0.445. The molecule has 1 fully saturated rings.